The molecular formula is C32H31ClFN5O3. The normalized spacial score (nSPS) is 26.2. The van der Waals surface area contributed by atoms with Gasteiger partial charge in [-0.15, -0.1) is 0 Å². The molecule has 4 atom stereocenters. The Bertz CT molecular complexity index is 1540. The highest BCUT2D eigenvalue weighted by atomic mass is 35.5. The molecule has 2 aliphatic carbocycles. The maximum Gasteiger partial charge on any atom is 0.322 e. The minimum absolute atomic E-state index is 0.00557. The number of carbonyl (C=O) groups is 2. The van der Waals surface area contributed by atoms with Crippen LogP contribution in [0.15, 0.2) is 77.9 Å². The van der Waals surface area contributed by atoms with Crippen LogP contribution >= 0.6 is 11.6 Å². The van der Waals surface area contributed by atoms with Crippen molar-refractivity contribution < 1.29 is 19.1 Å². The van der Waals surface area contributed by atoms with Crippen molar-refractivity contribution in [1.29, 1.82) is 5.26 Å². The Balaban J connectivity index is 1.23. The van der Waals surface area contributed by atoms with E-state index in [1.54, 1.807) is 48.6 Å². The first-order valence-corrected chi connectivity index (χ1v) is 14.5. The van der Waals surface area contributed by atoms with Gasteiger partial charge < -0.3 is 20.6 Å². The lowest BCUT2D eigenvalue weighted by molar-refractivity contribution is -0.119. The minimum atomic E-state index is -0.991. The fourth-order valence-electron chi connectivity index (χ4n) is 6.08. The van der Waals surface area contributed by atoms with Crippen molar-refractivity contribution in [2.45, 2.75) is 55.8 Å². The lowest BCUT2D eigenvalue weighted by Gasteiger charge is -2.52. The molecule has 8 nitrogen and oxygen atoms in total. The number of aliphatic hydroxyl groups is 1. The van der Waals surface area contributed by atoms with Gasteiger partial charge in [0.15, 0.2) is 0 Å². The van der Waals surface area contributed by atoms with Crippen molar-refractivity contribution in [3.05, 3.63) is 94.3 Å². The number of carbonyl (C=O) groups excluding carboxylic acids is 2. The minimum Gasteiger partial charge on any atom is -0.391 e. The zero-order valence-corrected chi connectivity index (χ0v) is 23.6. The summed E-state index contributed by atoms with van der Waals surface area (Å²) in [5, 5.41) is 29.3. The largest absolute Gasteiger partial charge is 0.391 e. The molecule has 4 aliphatic rings. The van der Waals surface area contributed by atoms with Crippen LogP contribution in [0.25, 0.3) is 0 Å². The second-order valence-corrected chi connectivity index (χ2v) is 11.8. The number of β-amino-alcohol motifs (C(OH)–C–C–N with tert-alkyl or cyclic N) is 1. The number of hydrogen-bond acceptors (Lipinski definition) is 5. The van der Waals surface area contributed by atoms with Gasteiger partial charge in [-0.25, -0.2) is 9.18 Å². The molecule has 0 radical (unpaired) electrons. The van der Waals surface area contributed by atoms with Crippen molar-refractivity contribution in [2.24, 2.45) is 5.92 Å². The first kappa shape index (κ1) is 28.2. The van der Waals surface area contributed by atoms with E-state index in [2.05, 4.69) is 22.0 Å². The molecule has 2 saturated heterocycles. The number of urea groups is 1. The number of halogens is 2. The molecular weight excluding hydrogens is 557 g/mol. The maximum absolute atomic E-state index is 15.1. The zero-order valence-electron chi connectivity index (χ0n) is 22.8. The number of nitriles is 1. The van der Waals surface area contributed by atoms with Crippen molar-refractivity contribution in [1.82, 2.24) is 10.2 Å². The topological polar surface area (TPSA) is 117 Å². The average molecular weight is 588 g/mol. The van der Waals surface area contributed by atoms with E-state index in [0.29, 0.717) is 22.2 Å². The Morgan fingerprint density at radius 3 is 2.69 bits per heavy atom. The average Bonchev–Trinajstić information content (AvgIpc) is 3.74. The zero-order chi connectivity index (χ0) is 29.4. The van der Waals surface area contributed by atoms with Crippen molar-refractivity contribution >= 4 is 34.9 Å². The Kier molecular flexibility index (Phi) is 7.62. The summed E-state index contributed by atoms with van der Waals surface area (Å²) in [6.45, 7) is -0.0322. The molecule has 1 saturated carbocycles. The summed E-state index contributed by atoms with van der Waals surface area (Å²) in [6.07, 6.45) is 10.9. The van der Waals surface area contributed by atoms with E-state index in [1.807, 2.05) is 12.2 Å². The van der Waals surface area contributed by atoms with Crippen molar-refractivity contribution in [3.63, 3.8) is 0 Å². The first-order chi connectivity index (χ1) is 20.3. The number of rotatable bonds is 7. The number of allylic oxidation sites excluding steroid dienone is 4. The Morgan fingerprint density at radius 1 is 1.17 bits per heavy atom. The van der Waals surface area contributed by atoms with Gasteiger partial charge in [0.25, 0.3) is 0 Å². The number of nitrogens with one attached hydrogen (secondary N) is 3. The Morgan fingerprint density at radius 2 is 1.95 bits per heavy atom. The number of nitrogens with zero attached hydrogens (tertiary/aromatic N) is 2. The van der Waals surface area contributed by atoms with E-state index in [-0.39, 0.29) is 24.7 Å². The smallest absolute Gasteiger partial charge is 0.322 e. The van der Waals surface area contributed by atoms with Crippen molar-refractivity contribution in [3.8, 4) is 6.07 Å². The Labute approximate surface area is 248 Å². The van der Waals surface area contributed by atoms with Gasteiger partial charge in [0.2, 0.25) is 5.91 Å². The molecule has 6 rings (SSSR count). The number of likely N-dealkylation sites (tertiary alicyclic amines) is 1. The summed E-state index contributed by atoms with van der Waals surface area (Å²) in [5.74, 6) is -0.510. The third-order valence-electron chi connectivity index (χ3n) is 8.55. The highest BCUT2D eigenvalue weighted by Crippen LogP contribution is 2.49. The predicted molar refractivity (Wildman–Crippen MR) is 158 cm³/mol. The van der Waals surface area contributed by atoms with Gasteiger partial charge in [0.05, 0.1) is 35.0 Å². The number of anilines is 2. The monoisotopic (exact) mass is 587 g/mol. The van der Waals surface area contributed by atoms with E-state index < -0.39 is 35.4 Å². The standard InChI is InChI=1S/C32H31ClFN5O3/c33-22-6-8-23(9-7-22)36-31(42)39-18-24(40)16-29(39)30(41)37-28-15-21(5-11-26(28)34)32(14-13-19-1-2-19)25-10-3-20(17-35)4-12-27(25)38-32/h3-12,15,19,24,27,29,38,40H,1-2,13-14,16,18H2,(H,36,42)(H,37,41)/t24-,27?,29-,32?/m1/s1. The van der Waals surface area contributed by atoms with E-state index in [4.69, 9.17) is 11.6 Å². The highest BCUT2D eigenvalue weighted by Gasteiger charge is 2.49. The lowest BCUT2D eigenvalue weighted by atomic mass is 9.68. The molecule has 216 valence electrons. The molecule has 0 aromatic heterocycles. The summed E-state index contributed by atoms with van der Waals surface area (Å²) in [4.78, 5) is 27.7. The fraction of sp³-hybridized carbons (Fsp3) is 0.344. The number of fused-ring (bicyclic) bond motifs is 1. The van der Waals surface area contributed by atoms with E-state index in [1.165, 1.54) is 23.8 Å². The summed E-state index contributed by atoms with van der Waals surface area (Å²) < 4.78 is 15.1. The van der Waals surface area contributed by atoms with Crippen LogP contribution in [-0.4, -0.2) is 46.7 Å². The maximum atomic E-state index is 15.1. The van der Waals surface area contributed by atoms with Crippen LogP contribution in [0.3, 0.4) is 0 Å². The van der Waals surface area contributed by atoms with Gasteiger partial charge in [-0.05, 0) is 78.4 Å². The van der Waals surface area contributed by atoms with Crippen LogP contribution in [0.5, 0.6) is 0 Å². The van der Waals surface area contributed by atoms with Crippen LogP contribution in [-0.2, 0) is 10.3 Å². The number of hydrogen-bond donors (Lipinski definition) is 4. The first-order valence-electron chi connectivity index (χ1n) is 14.2. The highest BCUT2D eigenvalue weighted by molar-refractivity contribution is 6.30. The summed E-state index contributed by atoms with van der Waals surface area (Å²) in [6, 6.07) is 11.9. The number of benzene rings is 2. The molecule has 2 aromatic rings. The predicted octanol–water partition coefficient (Wildman–Crippen LogP) is 5.39. The molecule has 2 unspecified atom stereocenters. The molecule has 10 heteroatoms. The van der Waals surface area contributed by atoms with Gasteiger partial charge in [0.1, 0.15) is 11.9 Å². The van der Waals surface area contributed by atoms with Gasteiger partial charge in [-0.3, -0.25) is 10.1 Å². The molecule has 4 N–H and O–H groups in total. The summed E-state index contributed by atoms with van der Waals surface area (Å²) in [7, 11) is 0. The molecule has 2 heterocycles. The number of aliphatic hydroxyl groups excluding tert-OH is 1. The molecule has 2 aromatic carbocycles. The van der Waals surface area contributed by atoms with E-state index in [0.717, 1.165) is 24.0 Å². The van der Waals surface area contributed by atoms with Gasteiger partial charge in [-0.2, -0.15) is 5.26 Å². The number of amides is 3. The molecule has 42 heavy (non-hydrogen) atoms. The van der Waals surface area contributed by atoms with E-state index in [9.17, 15) is 20.0 Å². The molecule has 0 spiro atoms. The SMILES string of the molecule is N#CC1=CC=C2C(C=C1)NC2(CCC1CC1)c1ccc(F)c(NC(=O)[C@H]2C[C@@H](O)CN2C(=O)Nc2ccc(Cl)cc2)c1. The second-order valence-electron chi connectivity index (χ2n) is 11.4. The molecule has 3 amide bonds. The third-order valence-corrected chi connectivity index (χ3v) is 8.80. The van der Waals surface area contributed by atoms with Crippen LogP contribution in [0.4, 0.5) is 20.6 Å². The third kappa shape index (κ3) is 5.58. The second kappa shape index (κ2) is 11.4. The van der Waals surface area contributed by atoms with Gasteiger partial charge >= 0.3 is 6.03 Å². The van der Waals surface area contributed by atoms with Crippen LogP contribution in [0.2, 0.25) is 5.02 Å². The van der Waals surface area contributed by atoms with Crippen LogP contribution in [0.1, 0.15) is 37.7 Å². The lowest BCUT2D eigenvalue weighted by Crippen LogP contribution is -2.62. The van der Waals surface area contributed by atoms with Crippen molar-refractivity contribution in [2.75, 3.05) is 17.2 Å². The quantitative estimate of drug-likeness (QED) is 0.347. The molecule has 3 fully saturated rings. The molecule has 2 aliphatic heterocycles. The molecule has 0 bridgehead atoms. The van der Waals surface area contributed by atoms with Crippen LogP contribution < -0.4 is 16.0 Å². The summed E-state index contributed by atoms with van der Waals surface area (Å²) >= 11 is 5.92. The van der Waals surface area contributed by atoms with Gasteiger partial charge in [-0.1, -0.05) is 42.7 Å². The van der Waals surface area contributed by atoms with E-state index >= 15 is 4.39 Å². The fourth-order valence-corrected chi connectivity index (χ4v) is 6.20. The van der Waals surface area contributed by atoms with Gasteiger partial charge in [0, 0.05) is 23.7 Å². The van der Waals surface area contributed by atoms with Crippen LogP contribution in [0, 0.1) is 23.1 Å². The Hall–Kier alpha value is -3.97. The summed E-state index contributed by atoms with van der Waals surface area (Å²) in [5.41, 5.74) is 2.41.